The van der Waals surface area contributed by atoms with Crippen molar-refractivity contribution in [1.82, 2.24) is 9.55 Å². The maximum absolute atomic E-state index is 13.0. The van der Waals surface area contributed by atoms with Crippen molar-refractivity contribution in [3.05, 3.63) is 94.2 Å². The number of anilines is 1. The molecule has 8 nitrogen and oxygen atoms in total. The minimum absolute atomic E-state index is 0.0492. The minimum Gasteiger partial charge on any atom is -0.480 e. The molecule has 1 aliphatic heterocycles. The van der Waals surface area contributed by atoms with Gasteiger partial charge in [0.1, 0.15) is 24.2 Å². The highest BCUT2D eigenvalue weighted by Gasteiger charge is 2.37. The van der Waals surface area contributed by atoms with Crippen LogP contribution in [0.2, 0.25) is 0 Å². The molecule has 0 fully saturated rings. The zero-order chi connectivity index (χ0) is 23.2. The fraction of sp³-hybridized carbons (Fsp3) is 0.280. The summed E-state index contributed by atoms with van der Waals surface area (Å²) in [6.45, 7) is 0.0492. The van der Waals surface area contributed by atoms with Gasteiger partial charge >= 0.3 is 12.1 Å². The third-order valence-corrected chi connectivity index (χ3v) is 5.80. The van der Waals surface area contributed by atoms with Gasteiger partial charge in [0.25, 0.3) is 5.56 Å². The number of carbonyl (C=O) groups excluding carboxylic acids is 1. The summed E-state index contributed by atoms with van der Waals surface area (Å²) in [5.74, 6) is -0.778. The van der Waals surface area contributed by atoms with Crippen LogP contribution in [0.5, 0.6) is 0 Å². The van der Waals surface area contributed by atoms with E-state index < -0.39 is 23.7 Å². The van der Waals surface area contributed by atoms with Gasteiger partial charge in [0, 0.05) is 5.92 Å². The second kappa shape index (κ2) is 10.1. The molecule has 0 bridgehead atoms. The molecule has 2 aromatic carbocycles. The molecule has 2 atom stereocenters. The molecule has 0 saturated heterocycles. The first kappa shape index (κ1) is 22.3. The van der Waals surface area contributed by atoms with Gasteiger partial charge in [-0.25, -0.2) is 14.6 Å². The number of nitrogens with one attached hydrogen (secondary N) is 1. The van der Waals surface area contributed by atoms with E-state index in [0.717, 1.165) is 24.8 Å². The molecule has 0 radical (unpaired) electrons. The normalized spacial score (nSPS) is 16.7. The van der Waals surface area contributed by atoms with Gasteiger partial charge in [-0.05, 0) is 36.8 Å². The van der Waals surface area contributed by atoms with Crippen molar-refractivity contribution in [2.45, 2.75) is 44.2 Å². The summed E-state index contributed by atoms with van der Waals surface area (Å²) in [5, 5.41) is 12.1. The lowest BCUT2D eigenvalue weighted by Crippen LogP contribution is -2.31. The Labute approximate surface area is 190 Å². The summed E-state index contributed by atoms with van der Waals surface area (Å²) in [4.78, 5) is 41.4. The van der Waals surface area contributed by atoms with E-state index in [4.69, 9.17) is 4.74 Å². The Balaban J connectivity index is 1.45. The molecule has 3 aromatic rings. The molecule has 2 heterocycles. The molecule has 1 amide bonds. The van der Waals surface area contributed by atoms with Crippen molar-refractivity contribution < 1.29 is 19.4 Å². The van der Waals surface area contributed by atoms with Crippen LogP contribution in [0.4, 0.5) is 10.5 Å². The Morgan fingerprint density at radius 2 is 1.73 bits per heavy atom. The number of carbonyl (C=O) groups is 2. The Morgan fingerprint density at radius 3 is 2.39 bits per heavy atom. The topological polar surface area (TPSA) is 111 Å². The van der Waals surface area contributed by atoms with Crippen molar-refractivity contribution in [2.24, 2.45) is 0 Å². The number of amides is 1. The van der Waals surface area contributed by atoms with Crippen LogP contribution < -0.4 is 10.9 Å². The zero-order valence-electron chi connectivity index (χ0n) is 18.0. The smallest absolute Gasteiger partial charge is 0.412 e. The van der Waals surface area contributed by atoms with Crippen molar-refractivity contribution in [1.29, 1.82) is 0 Å². The highest BCUT2D eigenvalue weighted by atomic mass is 16.5. The van der Waals surface area contributed by atoms with Crippen LogP contribution in [0, 0.1) is 0 Å². The van der Waals surface area contributed by atoms with Crippen molar-refractivity contribution in [2.75, 3.05) is 5.32 Å². The maximum atomic E-state index is 13.0. The molecule has 4 rings (SSSR count). The first-order chi connectivity index (χ1) is 16.0. The molecular formula is C25H25N3O5. The average molecular weight is 447 g/mol. The third kappa shape index (κ3) is 5.28. The number of ether oxygens (including phenoxy) is 1. The van der Waals surface area contributed by atoms with E-state index >= 15 is 0 Å². The fourth-order valence-corrected chi connectivity index (χ4v) is 4.18. The predicted molar refractivity (Wildman–Crippen MR) is 122 cm³/mol. The average Bonchev–Trinajstić information content (AvgIpc) is 3.21. The van der Waals surface area contributed by atoms with Crippen LogP contribution in [0.25, 0.3) is 0 Å². The molecule has 1 aliphatic rings. The van der Waals surface area contributed by atoms with E-state index in [1.54, 1.807) is 0 Å². The van der Waals surface area contributed by atoms with Crippen molar-refractivity contribution in [3.63, 3.8) is 0 Å². The van der Waals surface area contributed by atoms with Crippen LogP contribution in [0.3, 0.4) is 0 Å². The summed E-state index contributed by atoms with van der Waals surface area (Å²) >= 11 is 0. The lowest BCUT2D eigenvalue weighted by molar-refractivity contribution is -0.140. The molecule has 0 unspecified atom stereocenters. The van der Waals surface area contributed by atoms with Gasteiger partial charge in [-0.15, -0.1) is 0 Å². The molecule has 170 valence electrons. The number of carboxylic acid groups (broad SMARTS) is 1. The number of hydrogen-bond donors (Lipinski definition) is 2. The van der Waals surface area contributed by atoms with E-state index in [2.05, 4.69) is 22.4 Å². The molecule has 0 saturated carbocycles. The number of aryl methyl sites for hydroxylation is 1. The van der Waals surface area contributed by atoms with Gasteiger partial charge in [-0.3, -0.25) is 14.7 Å². The predicted octanol–water partition coefficient (Wildman–Crippen LogP) is 4.13. The van der Waals surface area contributed by atoms with Gasteiger partial charge in [-0.1, -0.05) is 60.7 Å². The summed E-state index contributed by atoms with van der Waals surface area (Å²) in [6, 6.07) is 18.2. The fourth-order valence-electron chi connectivity index (χ4n) is 4.18. The van der Waals surface area contributed by atoms with E-state index in [1.165, 1.54) is 16.3 Å². The molecular weight excluding hydrogens is 422 g/mol. The number of fused-ring (bicyclic) bond motifs is 1. The second-order valence-corrected chi connectivity index (χ2v) is 8.06. The molecule has 33 heavy (non-hydrogen) atoms. The van der Waals surface area contributed by atoms with Crippen LogP contribution in [-0.2, 0) is 22.6 Å². The molecule has 2 N–H and O–H groups in total. The van der Waals surface area contributed by atoms with E-state index in [9.17, 15) is 19.5 Å². The van der Waals surface area contributed by atoms with E-state index in [-0.39, 0.29) is 18.2 Å². The third-order valence-electron chi connectivity index (χ3n) is 5.80. The Morgan fingerprint density at radius 1 is 1.06 bits per heavy atom. The first-order valence-electron chi connectivity index (χ1n) is 10.9. The number of aliphatic carboxylic acids is 1. The number of aromatic nitrogens is 2. The summed E-state index contributed by atoms with van der Waals surface area (Å²) < 4.78 is 6.35. The number of benzene rings is 2. The second-order valence-electron chi connectivity index (χ2n) is 8.06. The lowest BCUT2D eigenvalue weighted by atomic mass is 9.96. The number of carboxylic acids is 1. The summed E-state index contributed by atoms with van der Waals surface area (Å²) in [6.07, 6.45) is 3.22. The van der Waals surface area contributed by atoms with Crippen LogP contribution in [-0.4, -0.2) is 26.7 Å². The Hall–Kier alpha value is -3.94. The van der Waals surface area contributed by atoms with Crippen molar-refractivity contribution in [3.8, 4) is 0 Å². The van der Waals surface area contributed by atoms with Gasteiger partial charge < -0.3 is 9.84 Å². The Bertz CT molecular complexity index is 1180. The van der Waals surface area contributed by atoms with E-state index in [1.807, 2.05) is 48.5 Å². The summed E-state index contributed by atoms with van der Waals surface area (Å²) in [7, 11) is 0. The maximum Gasteiger partial charge on any atom is 0.412 e. The Kier molecular flexibility index (Phi) is 6.83. The van der Waals surface area contributed by atoms with Gasteiger partial charge in [-0.2, -0.15) is 0 Å². The van der Waals surface area contributed by atoms with Crippen molar-refractivity contribution >= 4 is 17.7 Å². The highest BCUT2D eigenvalue weighted by molar-refractivity contribution is 5.84. The SMILES string of the molecule is O=C(Nc1cnc2n(c1=O)[C@H](C(=O)O)C[C@@H]2CCCc1ccccc1)OCc1ccccc1. The molecule has 8 heteroatoms. The number of rotatable bonds is 8. The first-order valence-corrected chi connectivity index (χ1v) is 10.9. The largest absolute Gasteiger partial charge is 0.480 e. The van der Waals surface area contributed by atoms with Crippen LogP contribution >= 0.6 is 0 Å². The monoisotopic (exact) mass is 447 g/mol. The van der Waals surface area contributed by atoms with Gasteiger partial charge in [0.2, 0.25) is 0 Å². The van der Waals surface area contributed by atoms with E-state index in [0.29, 0.717) is 12.2 Å². The van der Waals surface area contributed by atoms with Gasteiger partial charge in [0.05, 0.1) is 6.20 Å². The molecule has 0 spiro atoms. The van der Waals surface area contributed by atoms with Gasteiger partial charge in [0.15, 0.2) is 0 Å². The minimum atomic E-state index is -1.09. The zero-order valence-corrected chi connectivity index (χ0v) is 18.0. The number of hydrogen-bond acceptors (Lipinski definition) is 5. The van der Waals surface area contributed by atoms with Crippen LogP contribution in [0.1, 0.15) is 48.2 Å². The molecule has 0 aliphatic carbocycles. The summed E-state index contributed by atoms with van der Waals surface area (Å²) in [5.41, 5.74) is 1.33. The standard InChI is InChI=1S/C25H25N3O5/c29-23-20(27-25(32)33-16-18-10-5-2-6-11-18)15-26-22-19(14-21(24(30)31)28(22)23)13-7-12-17-8-3-1-4-9-17/h1-6,8-11,15,19,21H,7,12-14,16H2,(H,27,32)(H,30,31)/t19-,21-/m0/s1. The number of nitrogens with zero attached hydrogens (tertiary/aromatic N) is 2. The quantitative estimate of drug-likeness (QED) is 0.537. The lowest BCUT2D eigenvalue weighted by Gasteiger charge is -2.12. The highest BCUT2D eigenvalue weighted by Crippen LogP contribution is 2.37. The molecule has 1 aromatic heterocycles. The van der Waals surface area contributed by atoms with Crippen LogP contribution in [0.15, 0.2) is 71.7 Å².